The summed E-state index contributed by atoms with van der Waals surface area (Å²) in [5.41, 5.74) is 0. The monoisotopic (exact) mass is 228 g/mol. The van der Waals surface area contributed by atoms with Crippen molar-refractivity contribution in [2.24, 2.45) is 0 Å². The van der Waals surface area contributed by atoms with Crippen molar-refractivity contribution in [3.05, 3.63) is 0 Å². The third-order valence-electron chi connectivity index (χ3n) is 3.64. The molecule has 3 nitrogen and oxygen atoms in total. The number of piperidine rings is 1. The van der Waals surface area contributed by atoms with Crippen molar-refractivity contribution in [1.82, 2.24) is 9.80 Å². The molecule has 16 heavy (non-hydrogen) atoms. The molecule has 1 aliphatic heterocycles. The molecule has 0 radical (unpaired) electrons. The summed E-state index contributed by atoms with van der Waals surface area (Å²) in [7, 11) is 0. The number of nitrogens with zero attached hydrogens (tertiary/aromatic N) is 2. The zero-order valence-electron chi connectivity index (χ0n) is 11.2. The summed E-state index contributed by atoms with van der Waals surface area (Å²) in [4.78, 5) is 4.92. The number of hydrogen-bond donors (Lipinski definition) is 0. The quantitative estimate of drug-likeness (QED) is 0.661. The van der Waals surface area contributed by atoms with E-state index in [1.54, 1.807) is 0 Å². The first-order chi connectivity index (χ1) is 7.80. The fourth-order valence-electron chi connectivity index (χ4n) is 2.28. The highest BCUT2D eigenvalue weighted by Crippen LogP contribution is 2.13. The van der Waals surface area contributed by atoms with E-state index in [1.807, 2.05) is 0 Å². The van der Waals surface area contributed by atoms with Gasteiger partial charge in [-0.25, -0.2) is 0 Å². The number of likely N-dealkylation sites (tertiary alicyclic amines) is 1. The van der Waals surface area contributed by atoms with Crippen LogP contribution in [0, 0.1) is 0 Å². The maximum Gasteiger partial charge on any atom is 0.0600 e. The summed E-state index contributed by atoms with van der Waals surface area (Å²) in [6, 6.07) is 0. The largest absolute Gasteiger partial charge is 0.377 e. The fourth-order valence-corrected chi connectivity index (χ4v) is 2.28. The maximum atomic E-state index is 5.94. The Morgan fingerprint density at radius 2 is 1.75 bits per heavy atom. The van der Waals surface area contributed by atoms with Crippen LogP contribution in [0.25, 0.3) is 0 Å². The van der Waals surface area contributed by atoms with Gasteiger partial charge in [-0.2, -0.15) is 0 Å². The highest BCUT2D eigenvalue weighted by molar-refractivity contribution is 4.71. The molecule has 0 aromatic carbocycles. The zero-order valence-corrected chi connectivity index (χ0v) is 11.2. The average Bonchev–Trinajstić information content (AvgIpc) is 2.35. The van der Waals surface area contributed by atoms with Crippen LogP contribution >= 0.6 is 0 Å². The fraction of sp³-hybridized carbons (Fsp3) is 1.00. The van der Waals surface area contributed by atoms with Crippen LogP contribution in [0.4, 0.5) is 0 Å². The smallest absolute Gasteiger partial charge is 0.0600 e. The van der Waals surface area contributed by atoms with E-state index in [4.69, 9.17) is 4.74 Å². The highest BCUT2D eigenvalue weighted by Gasteiger charge is 2.18. The van der Waals surface area contributed by atoms with Gasteiger partial charge in [0.1, 0.15) is 0 Å². The molecule has 1 rings (SSSR count). The maximum absolute atomic E-state index is 5.94. The van der Waals surface area contributed by atoms with Crippen molar-refractivity contribution in [2.45, 2.75) is 39.7 Å². The lowest BCUT2D eigenvalue weighted by Crippen LogP contribution is -2.38. The van der Waals surface area contributed by atoms with Gasteiger partial charge in [0.05, 0.1) is 12.7 Å². The molecule has 0 atom stereocenters. The first-order valence-electron chi connectivity index (χ1n) is 6.86. The SMILES string of the molecule is CCN(CC)CCOC1CCN(CC)CC1. The van der Waals surface area contributed by atoms with E-state index >= 15 is 0 Å². The van der Waals surface area contributed by atoms with E-state index in [-0.39, 0.29) is 0 Å². The van der Waals surface area contributed by atoms with Crippen molar-refractivity contribution in [3.63, 3.8) is 0 Å². The number of rotatable bonds is 7. The van der Waals surface area contributed by atoms with Gasteiger partial charge in [0.25, 0.3) is 0 Å². The van der Waals surface area contributed by atoms with E-state index in [0.717, 1.165) is 26.2 Å². The molecule has 1 saturated heterocycles. The van der Waals surface area contributed by atoms with Crippen LogP contribution in [0.2, 0.25) is 0 Å². The van der Waals surface area contributed by atoms with E-state index in [1.165, 1.54) is 32.5 Å². The van der Waals surface area contributed by atoms with Gasteiger partial charge in [-0.15, -0.1) is 0 Å². The summed E-state index contributed by atoms with van der Waals surface area (Å²) in [5, 5.41) is 0. The first kappa shape index (κ1) is 13.9. The summed E-state index contributed by atoms with van der Waals surface area (Å²) in [6.45, 7) is 14.5. The average molecular weight is 228 g/mol. The predicted octanol–water partition coefficient (Wildman–Crippen LogP) is 1.83. The Morgan fingerprint density at radius 3 is 2.25 bits per heavy atom. The molecule has 1 heterocycles. The lowest BCUT2D eigenvalue weighted by molar-refractivity contribution is 0.000159. The van der Waals surface area contributed by atoms with Gasteiger partial charge in [0.15, 0.2) is 0 Å². The van der Waals surface area contributed by atoms with E-state index in [0.29, 0.717) is 6.10 Å². The van der Waals surface area contributed by atoms with Crippen LogP contribution in [-0.2, 0) is 4.74 Å². The van der Waals surface area contributed by atoms with Crippen molar-refractivity contribution >= 4 is 0 Å². The minimum absolute atomic E-state index is 0.512. The second kappa shape index (κ2) is 8.04. The van der Waals surface area contributed by atoms with Crippen molar-refractivity contribution in [3.8, 4) is 0 Å². The summed E-state index contributed by atoms with van der Waals surface area (Å²) < 4.78 is 5.94. The Labute approximate surface area is 101 Å². The standard InChI is InChI=1S/C13H28N2O/c1-4-14(5-2)11-12-16-13-7-9-15(6-3)10-8-13/h13H,4-12H2,1-3H3. The molecule has 3 heteroatoms. The molecule has 0 N–H and O–H groups in total. The molecule has 0 spiro atoms. The summed E-state index contributed by atoms with van der Waals surface area (Å²) in [5.74, 6) is 0. The minimum Gasteiger partial charge on any atom is -0.377 e. The van der Waals surface area contributed by atoms with Gasteiger partial charge in [-0.05, 0) is 32.5 Å². The second-order valence-corrected chi connectivity index (χ2v) is 4.53. The van der Waals surface area contributed by atoms with Crippen LogP contribution in [0.15, 0.2) is 0 Å². The highest BCUT2D eigenvalue weighted by atomic mass is 16.5. The summed E-state index contributed by atoms with van der Waals surface area (Å²) >= 11 is 0. The van der Waals surface area contributed by atoms with E-state index < -0.39 is 0 Å². The van der Waals surface area contributed by atoms with Gasteiger partial charge in [-0.1, -0.05) is 20.8 Å². The Bertz CT molecular complexity index is 163. The van der Waals surface area contributed by atoms with Crippen molar-refractivity contribution in [1.29, 1.82) is 0 Å². The predicted molar refractivity (Wildman–Crippen MR) is 68.9 cm³/mol. The molecule has 1 aliphatic rings. The molecule has 0 unspecified atom stereocenters. The van der Waals surface area contributed by atoms with E-state index in [2.05, 4.69) is 30.6 Å². The molecule has 0 aromatic rings. The molecular formula is C13H28N2O. The van der Waals surface area contributed by atoms with Crippen LogP contribution in [0.5, 0.6) is 0 Å². The van der Waals surface area contributed by atoms with Gasteiger partial charge in [0, 0.05) is 19.6 Å². The Balaban J connectivity index is 2.06. The molecule has 96 valence electrons. The second-order valence-electron chi connectivity index (χ2n) is 4.53. The normalized spacial score (nSPS) is 19.5. The molecule has 0 aromatic heterocycles. The number of hydrogen-bond acceptors (Lipinski definition) is 3. The summed E-state index contributed by atoms with van der Waals surface area (Å²) in [6.07, 6.45) is 2.94. The van der Waals surface area contributed by atoms with Crippen LogP contribution in [0.3, 0.4) is 0 Å². The lowest BCUT2D eigenvalue weighted by atomic mass is 10.1. The van der Waals surface area contributed by atoms with Crippen molar-refractivity contribution < 1.29 is 4.74 Å². The number of likely N-dealkylation sites (N-methyl/N-ethyl adjacent to an activating group) is 1. The Hall–Kier alpha value is -0.120. The van der Waals surface area contributed by atoms with Crippen LogP contribution < -0.4 is 0 Å². The molecule has 0 amide bonds. The van der Waals surface area contributed by atoms with E-state index in [9.17, 15) is 0 Å². The van der Waals surface area contributed by atoms with Crippen LogP contribution in [-0.4, -0.2) is 61.8 Å². The zero-order chi connectivity index (χ0) is 11.8. The number of ether oxygens (including phenoxy) is 1. The molecule has 1 fully saturated rings. The third kappa shape index (κ3) is 4.81. The molecule has 0 saturated carbocycles. The van der Waals surface area contributed by atoms with Crippen LogP contribution in [0.1, 0.15) is 33.6 Å². The lowest BCUT2D eigenvalue weighted by Gasteiger charge is -2.31. The minimum atomic E-state index is 0.512. The Kier molecular flexibility index (Phi) is 7.01. The van der Waals surface area contributed by atoms with Gasteiger partial charge in [0.2, 0.25) is 0 Å². The van der Waals surface area contributed by atoms with Gasteiger partial charge in [-0.3, -0.25) is 0 Å². The van der Waals surface area contributed by atoms with Gasteiger partial charge >= 0.3 is 0 Å². The molecular weight excluding hydrogens is 200 g/mol. The molecule has 0 aliphatic carbocycles. The first-order valence-corrected chi connectivity index (χ1v) is 6.86. The molecule has 0 bridgehead atoms. The Morgan fingerprint density at radius 1 is 1.12 bits per heavy atom. The third-order valence-corrected chi connectivity index (χ3v) is 3.64. The van der Waals surface area contributed by atoms with Crippen molar-refractivity contribution in [2.75, 3.05) is 45.9 Å². The van der Waals surface area contributed by atoms with Gasteiger partial charge < -0.3 is 14.5 Å². The topological polar surface area (TPSA) is 15.7 Å².